The van der Waals surface area contributed by atoms with E-state index in [-0.39, 0.29) is 10.8 Å². The summed E-state index contributed by atoms with van der Waals surface area (Å²) in [6.07, 6.45) is 6.30. The normalized spacial score (nSPS) is 11.4. The highest BCUT2D eigenvalue weighted by Crippen LogP contribution is 2.39. The van der Waals surface area contributed by atoms with Crippen LogP contribution in [0.4, 0.5) is 8.78 Å². The van der Waals surface area contributed by atoms with Crippen LogP contribution in [0.3, 0.4) is 0 Å². The molecule has 0 aliphatic carbocycles. The number of aryl methyl sites for hydroxylation is 1. The van der Waals surface area contributed by atoms with E-state index in [1.165, 1.54) is 23.9 Å². The van der Waals surface area contributed by atoms with Crippen molar-refractivity contribution in [3.05, 3.63) is 71.6 Å². The quantitative estimate of drug-likeness (QED) is 0.389. The molecule has 0 amide bonds. The number of nitrogens with zero attached hydrogens (tertiary/aromatic N) is 3. The van der Waals surface area contributed by atoms with E-state index in [2.05, 4.69) is 12.0 Å². The fraction of sp³-hybridized carbons (Fsp3) is 0.150. The summed E-state index contributed by atoms with van der Waals surface area (Å²) in [5.41, 5.74) is 1.09. The minimum atomic E-state index is -0.502. The van der Waals surface area contributed by atoms with Crippen molar-refractivity contribution in [3.8, 4) is 5.69 Å². The number of benzene rings is 2. The van der Waals surface area contributed by atoms with E-state index in [9.17, 15) is 8.78 Å². The molecule has 0 atom stereocenters. The Labute approximate surface area is 164 Å². The van der Waals surface area contributed by atoms with Crippen LogP contribution in [0.2, 0.25) is 5.02 Å². The number of halogens is 3. The van der Waals surface area contributed by atoms with Gasteiger partial charge in [0.25, 0.3) is 0 Å². The SMILES string of the molecule is CCCn1cc(-n2cc(Sc3ccccc3F)c3ccc(Cl)c(F)c32)cn1. The molecule has 4 aromatic rings. The van der Waals surface area contributed by atoms with Gasteiger partial charge in [-0.15, -0.1) is 0 Å². The van der Waals surface area contributed by atoms with Crippen molar-refractivity contribution >= 4 is 34.3 Å². The van der Waals surface area contributed by atoms with Crippen molar-refractivity contribution in [2.75, 3.05) is 0 Å². The van der Waals surface area contributed by atoms with Gasteiger partial charge in [-0.05, 0) is 30.7 Å². The maximum Gasteiger partial charge on any atom is 0.166 e. The van der Waals surface area contributed by atoms with Gasteiger partial charge in [0.1, 0.15) is 5.82 Å². The highest BCUT2D eigenvalue weighted by Gasteiger charge is 2.18. The first-order valence-electron chi connectivity index (χ1n) is 8.52. The van der Waals surface area contributed by atoms with Crippen molar-refractivity contribution in [1.82, 2.24) is 14.3 Å². The van der Waals surface area contributed by atoms with Crippen molar-refractivity contribution in [1.29, 1.82) is 0 Å². The summed E-state index contributed by atoms with van der Waals surface area (Å²) in [4.78, 5) is 1.22. The minimum Gasteiger partial charge on any atom is -0.310 e. The second-order valence-corrected chi connectivity index (χ2v) is 7.61. The predicted molar refractivity (Wildman–Crippen MR) is 105 cm³/mol. The van der Waals surface area contributed by atoms with Gasteiger partial charge in [-0.3, -0.25) is 4.68 Å². The lowest BCUT2D eigenvalue weighted by Gasteiger charge is -2.04. The molecule has 0 aliphatic rings. The number of hydrogen-bond acceptors (Lipinski definition) is 2. The Morgan fingerprint density at radius 1 is 1.07 bits per heavy atom. The van der Waals surface area contributed by atoms with E-state index >= 15 is 0 Å². The molecule has 2 aromatic carbocycles. The minimum absolute atomic E-state index is 0.0465. The van der Waals surface area contributed by atoms with Gasteiger partial charge in [-0.1, -0.05) is 42.4 Å². The second-order valence-electron chi connectivity index (χ2n) is 6.11. The summed E-state index contributed by atoms with van der Waals surface area (Å²) in [7, 11) is 0. The molecule has 2 aromatic heterocycles. The fourth-order valence-corrected chi connectivity index (χ4v) is 4.12. The molecule has 0 saturated heterocycles. The molecule has 0 N–H and O–H groups in total. The van der Waals surface area contributed by atoms with E-state index < -0.39 is 5.82 Å². The van der Waals surface area contributed by atoms with Crippen LogP contribution in [-0.2, 0) is 6.54 Å². The van der Waals surface area contributed by atoms with Crippen LogP contribution in [-0.4, -0.2) is 14.3 Å². The van der Waals surface area contributed by atoms with E-state index in [0.29, 0.717) is 15.8 Å². The Morgan fingerprint density at radius 2 is 1.89 bits per heavy atom. The summed E-state index contributed by atoms with van der Waals surface area (Å²) in [5, 5.41) is 5.04. The Balaban J connectivity index is 1.88. The lowest BCUT2D eigenvalue weighted by molar-refractivity contribution is 0.602. The van der Waals surface area contributed by atoms with Gasteiger partial charge in [0.05, 0.1) is 22.4 Å². The van der Waals surface area contributed by atoms with E-state index in [1.807, 2.05) is 10.9 Å². The van der Waals surface area contributed by atoms with E-state index in [1.54, 1.807) is 41.2 Å². The van der Waals surface area contributed by atoms with Crippen LogP contribution in [0.15, 0.2) is 64.8 Å². The molecular weight excluding hydrogens is 388 g/mol. The first kappa shape index (κ1) is 18.1. The van der Waals surface area contributed by atoms with Crippen LogP contribution in [0.5, 0.6) is 0 Å². The predicted octanol–water partition coefficient (Wildman–Crippen LogP) is 6.32. The summed E-state index contributed by atoms with van der Waals surface area (Å²) < 4.78 is 32.5. The molecule has 0 unspecified atom stereocenters. The zero-order valence-electron chi connectivity index (χ0n) is 14.5. The third-order valence-corrected chi connectivity index (χ3v) is 5.62. The lowest BCUT2D eigenvalue weighted by Crippen LogP contribution is -1.96. The zero-order chi connectivity index (χ0) is 19.0. The first-order valence-corrected chi connectivity index (χ1v) is 9.72. The van der Waals surface area contributed by atoms with E-state index in [4.69, 9.17) is 11.6 Å². The highest BCUT2D eigenvalue weighted by molar-refractivity contribution is 7.99. The molecule has 3 nitrogen and oxygen atoms in total. The number of hydrogen-bond donors (Lipinski definition) is 0. The number of aromatic nitrogens is 3. The summed E-state index contributed by atoms with van der Waals surface area (Å²) in [6.45, 7) is 2.84. The Bertz CT molecular complexity index is 1120. The molecule has 7 heteroatoms. The maximum absolute atomic E-state index is 14.9. The van der Waals surface area contributed by atoms with Crippen LogP contribution >= 0.6 is 23.4 Å². The number of fused-ring (bicyclic) bond motifs is 1. The molecule has 0 fully saturated rings. The highest BCUT2D eigenvalue weighted by atomic mass is 35.5. The standard InChI is InChI=1S/C20H16ClF2N3S/c1-2-9-25-11-13(10-24-25)26-12-18(27-17-6-4-3-5-16(17)22)14-7-8-15(21)19(23)20(14)26/h3-8,10-12H,2,9H2,1H3. The van der Waals surface area contributed by atoms with E-state index in [0.717, 1.165) is 23.5 Å². The Hall–Kier alpha value is -2.31. The largest absolute Gasteiger partial charge is 0.310 e. The van der Waals surface area contributed by atoms with Gasteiger partial charge in [-0.2, -0.15) is 5.10 Å². The van der Waals surface area contributed by atoms with Gasteiger partial charge < -0.3 is 4.57 Å². The molecule has 0 saturated carbocycles. The topological polar surface area (TPSA) is 22.8 Å². The molecule has 0 spiro atoms. The zero-order valence-corrected chi connectivity index (χ0v) is 16.1. The van der Waals surface area contributed by atoms with Gasteiger partial charge >= 0.3 is 0 Å². The molecular formula is C20H16ClF2N3S. The van der Waals surface area contributed by atoms with Gasteiger partial charge in [0, 0.05) is 34.1 Å². The molecule has 0 radical (unpaired) electrons. The molecule has 0 aliphatic heterocycles. The van der Waals surface area contributed by atoms with Gasteiger partial charge in [-0.25, -0.2) is 8.78 Å². The Morgan fingerprint density at radius 3 is 2.67 bits per heavy atom. The van der Waals surface area contributed by atoms with Gasteiger partial charge in [0.2, 0.25) is 0 Å². The molecule has 2 heterocycles. The van der Waals surface area contributed by atoms with Crippen LogP contribution in [0, 0.1) is 11.6 Å². The molecule has 0 bridgehead atoms. The summed E-state index contributed by atoms with van der Waals surface area (Å²) >= 11 is 7.28. The first-order chi connectivity index (χ1) is 13.1. The van der Waals surface area contributed by atoms with Gasteiger partial charge in [0.15, 0.2) is 5.82 Å². The van der Waals surface area contributed by atoms with Crippen molar-refractivity contribution in [2.45, 2.75) is 29.7 Å². The van der Waals surface area contributed by atoms with Crippen LogP contribution < -0.4 is 0 Å². The third kappa shape index (κ3) is 3.35. The van der Waals surface area contributed by atoms with Crippen molar-refractivity contribution in [3.63, 3.8) is 0 Å². The molecule has 4 rings (SSSR count). The smallest absolute Gasteiger partial charge is 0.166 e. The van der Waals surface area contributed by atoms with Crippen LogP contribution in [0.1, 0.15) is 13.3 Å². The summed E-state index contributed by atoms with van der Waals surface area (Å²) in [6, 6.07) is 9.82. The maximum atomic E-state index is 14.9. The summed E-state index contributed by atoms with van der Waals surface area (Å²) in [5.74, 6) is -0.814. The van der Waals surface area contributed by atoms with Crippen molar-refractivity contribution in [2.24, 2.45) is 0 Å². The lowest BCUT2D eigenvalue weighted by atomic mass is 10.2. The number of rotatable bonds is 5. The molecule has 138 valence electrons. The average Bonchev–Trinajstić information content (AvgIpc) is 3.25. The second kappa shape index (κ2) is 7.37. The third-order valence-electron chi connectivity index (χ3n) is 4.23. The monoisotopic (exact) mass is 403 g/mol. The average molecular weight is 404 g/mol. The van der Waals surface area contributed by atoms with Crippen LogP contribution in [0.25, 0.3) is 16.6 Å². The van der Waals surface area contributed by atoms with Crippen molar-refractivity contribution < 1.29 is 8.78 Å². The fourth-order valence-electron chi connectivity index (χ4n) is 2.99. The Kier molecular flexibility index (Phi) is 4.93. The molecule has 27 heavy (non-hydrogen) atoms.